The van der Waals surface area contributed by atoms with Crippen LogP contribution in [0.15, 0.2) is 279 Å². The van der Waals surface area contributed by atoms with Gasteiger partial charge in [-0.15, -0.1) is 0 Å². The van der Waals surface area contributed by atoms with Gasteiger partial charge in [-0.25, -0.2) is 0 Å². The molecule has 14 rings (SSSR count). The van der Waals surface area contributed by atoms with Crippen LogP contribution < -0.4 is 4.90 Å². The molecule has 2 nitrogen and oxygen atoms in total. The minimum atomic E-state index is -0.629. The fraction of sp³-hybridized carbons (Fsp3) is 0.0294. The van der Waals surface area contributed by atoms with Gasteiger partial charge in [0.2, 0.25) is 0 Å². The molecule has 0 fully saturated rings. The van der Waals surface area contributed by atoms with Crippen LogP contribution in [0.1, 0.15) is 44.5 Å². The number of hydrogen-bond donors (Lipinski definition) is 0. The van der Waals surface area contributed by atoms with Crippen LogP contribution in [0.3, 0.4) is 0 Å². The SMILES string of the molecule is c1ccc(-c2ccc(-n3c4ccccc4c4ccc(N(c5ccccc5)c5ccc(C6(c7ccccc7)c7ccccc7C7(c8ccccc8)c8ccccc8-c8cccc6c87)cc5)cc43)cc2)cc1. The topological polar surface area (TPSA) is 8.17 Å². The minimum absolute atomic E-state index is 0.492. The first-order valence-corrected chi connectivity index (χ1v) is 24.3. The molecule has 2 aliphatic carbocycles. The van der Waals surface area contributed by atoms with Crippen molar-refractivity contribution in [3.63, 3.8) is 0 Å². The van der Waals surface area contributed by atoms with Crippen molar-refractivity contribution >= 4 is 38.9 Å². The number of para-hydroxylation sites is 2. The maximum absolute atomic E-state index is 2.42. The largest absolute Gasteiger partial charge is 0.310 e. The molecule has 0 N–H and O–H groups in total. The molecule has 2 heteroatoms. The summed E-state index contributed by atoms with van der Waals surface area (Å²) >= 11 is 0. The van der Waals surface area contributed by atoms with E-state index in [0.29, 0.717) is 0 Å². The highest BCUT2D eigenvalue weighted by molar-refractivity contribution is 6.10. The molecule has 1 aromatic heterocycles. The Kier molecular flexibility index (Phi) is 9.06. The van der Waals surface area contributed by atoms with E-state index in [9.17, 15) is 0 Å². The van der Waals surface area contributed by atoms with Crippen molar-refractivity contribution in [2.24, 2.45) is 0 Å². The monoisotopic (exact) mass is 890 g/mol. The van der Waals surface area contributed by atoms with Gasteiger partial charge in [0, 0.05) is 33.5 Å². The van der Waals surface area contributed by atoms with E-state index in [1.807, 2.05) is 0 Å². The van der Waals surface area contributed by atoms with Gasteiger partial charge in [-0.05, 0) is 121 Å². The number of anilines is 3. The van der Waals surface area contributed by atoms with E-state index in [2.05, 4.69) is 289 Å². The number of aromatic nitrogens is 1. The standard InChI is InChI=1S/C68H46N2/c1-5-20-47(21-6-1)48-36-40-54(41-37-48)70-64-35-18-14-29-57(64)58-45-44-55(46-65(58)70)69(52-26-11-4-12-27-52)53-42-38-51(39-43-53)67(49-22-7-2-8-23-49)61-32-16-17-33-62(61)68(50-24-9-3-10-25-50)60-31-15-13-28-56(60)59-30-19-34-63(67)66(59)68/h1-46H. The van der Waals surface area contributed by atoms with E-state index in [4.69, 9.17) is 0 Å². The van der Waals surface area contributed by atoms with E-state index < -0.39 is 10.8 Å². The zero-order valence-corrected chi connectivity index (χ0v) is 38.5. The van der Waals surface area contributed by atoms with Gasteiger partial charge >= 0.3 is 0 Å². The lowest BCUT2D eigenvalue weighted by molar-refractivity contribution is 0.626. The zero-order valence-electron chi connectivity index (χ0n) is 38.5. The van der Waals surface area contributed by atoms with Crippen molar-refractivity contribution in [2.75, 3.05) is 4.90 Å². The highest BCUT2D eigenvalue weighted by atomic mass is 15.1. The van der Waals surface area contributed by atoms with Crippen molar-refractivity contribution in [1.29, 1.82) is 0 Å². The fourth-order valence-corrected chi connectivity index (χ4v) is 12.5. The Labute approximate surface area is 408 Å². The normalized spacial score (nSPS) is 16.4. The lowest BCUT2D eigenvalue weighted by atomic mass is 9.52. The van der Waals surface area contributed by atoms with Gasteiger partial charge in [0.05, 0.1) is 21.9 Å². The first-order valence-electron chi connectivity index (χ1n) is 24.3. The Morgan fingerprint density at radius 2 is 0.771 bits per heavy atom. The summed E-state index contributed by atoms with van der Waals surface area (Å²) in [5.41, 5.74) is 21.0. The molecule has 0 amide bonds. The molecule has 1 heterocycles. The van der Waals surface area contributed by atoms with Gasteiger partial charge in [-0.2, -0.15) is 0 Å². The Morgan fingerprint density at radius 1 is 0.286 bits per heavy atom. The zero-order chi connectivity index (χ0) is 46.2. The summed E-state index contributed by atoms with van der Waals surface area (Å²) < 4.78 is 2.42. The second kappa shape index (κ2) is 15.8. The van der Waals surface area contributed by atoms with Crippen molar-refractivity contribution in [3.8, 4) is 27.9 Å². The average molecular weight is 891 g/mol. The smallest absolute Gasteiger partial charge is 0.0720 e. The second-order valence-corrected chi connectivity index (χ2v) is 18.7. The first-order chi connectivity index (χ1) is 34.7. The van der Waals surface area contributed by atoms with Crippen LogP contribution in [-0.4, -0.2) is 4.57 Å². The van der Waals surface area contributed by atoms with Crippen molar-refractivity contribution < 1.29 is 0 Å². The van der Waals surface area contributed by atoms with E-state index >= 15 is 0 Å². The van der Waals surface area contributed by atoms with E-state index in [1.54, 1.807) is 0 Å². The average Bonchev–Trinajstić information content (AvgIpc) is 3.94. The number of fused-ring (bicyclic) bond motifs is 8. The van der Waals surface area contributed by atoms with Gasteiger partial charge < -0.3 is 9.47 Å². The predicted octanol–water partition coefficient (Wildman–Crippen LogP) is 17.0. The lowest BCUT2D eigenvalue weighted by Gasteiger charge is -2.49. The quantitative estimate of drug-likeness (QED) is 0.148. The molecular formula is C68H46N2. The molecule has 70 heavy (non-hydrogen) atoms. The molecule has 12 aromatic rings. The lowest BCUT2D eigenvalue weighted by Crippen LogP contribution is -2.44. The molecule has 0 aliphatic heterocycles. The minimum Gasteiger partial charge on any atom is -0.310 e. The van der Waals surface area contributed by atoms with Crippen molar-refractivity contribution in [3.05, 3.63) is 324 Å². The Morgan fingerprint density at radius 3 is 1.49 bits per heavy atom. The van der Waals surface area contributed by atoms with Crippen LogP contribution in [0, 0.1) is 0 Å². The maximum atomic E-state index is 2.42. The predicted molar refractivity (Wildman–Crippen MR) is 290 cm³/mol. The van der Waals surface area contributed by atoms with Gasteiger partial charge in [0.15, 0.2) is 0 Å². The summed E-state index contributed by atoms with van der Waals surface area (Å²) in [4.78, 5) is 2.41. The van der Waals surface area contributed by atoms with E-state index in [0.717, 1.165) is 28.3 Å². The summed E-state index contributed by atoms with van der Waals surface area (Å²) in [5, 5.41) is 2.46. The van der Waals surface area contributed by atoms with Crippen LogP contribution in [0.4, 0.5) is 17.1 Å². The molecule has 0 saturated heterocycles. The Balaban J connectivity index is 0.972. The molecule has 0 radical (unpaired) electrons. The number of nitrogens with zero attached hydrogens (tertiary/aromatic N) is 2. The van der Waals surface area contributed by atoms with Crippen molar-refractivity contribution in [2.45, 2.75) is 10.8 Å². The fourth-order valence-electron chi connectivity index (χ4n) is 12.5. The molecule has 2 unspecified atom stereocenters. The summed E-state index contributed by atoms with van der Waals surface area (Å²) in [7, 11) is 0. The molecular weight excluding hydrogens is 845 g/mol. The summed E-state index contributed by atoms with van der Waals surface area (Å²) in [6.45, 7) is 0. The number of rotatable bonds is 8. The third-order valence-corrected chi connectivity index (χ3v) is 15.3. The summed E-state index contributed by atoms with van der Waals surface area (Å²) in [5.74, 6) is 0. The van der Waals surface area contributed by atoms with Crippen molar-refractivity contribution in [1.82, 2.24) is 4.57 Å². The third-order valence-electron chi connectivity index (χ3n) is 15.3. The number of benzene rings is 11. The van der Waals surface area contributed by atoms with Crippen LogP contribution in [0.25, 0.3) is 49.7 Å². The van der Waals surface area contributed by atoms with Gasteiger partial charge in [-0.1, -0.05) is 224 Å². The molecule has 328 valence electrons. The summed E-state index contributed by atoms with van der Waals surface area (Å²) in [6.07, 6.45) is 0. The highest BCUT2D eigenvalue weighted by Crippen LogP contribution is 2.65. The molecule has 2 atom stereocenters. The van der Waals surface area contributed by atoms with Crippen LogP contribution >= 0.6 is 0 Å². The van der Waals surface area contributed by atoms with E-state index in [-0.39, 0.29) is 0 Å². The highest BCUT2D eigenvalue weighted by Gasteiger charge is 2.57. The first kappa shape index (κ1) is 40.1. The van der Waals surface area contributed by atoms with Gasteiger partial charge in [0.1, 0.15) is 0 Å². The van der Waals surface area contributed by atoms with Crippen LogP contribution in [-0.2, 0) is 10.8 Å². The second-order valence-electron chi connectivity index (χ2n) is 18.7. The maximum Gasteiger partial charge on any atom is 0.0720 e. The summed E-state index contributed by atoms with van der Waals surface area (Å²) in [6, 6.07) is 104. The Bertz CT molecular complexity index is 3910. The van der Waals surface area contributed by atoms with Crippen LogP contribution in [0.2, 0.25) is 0 Å². The molecule has 0 spiro atoms. The molecule has 0 saturated carbocycles. The number of hydrogen-bond acceptors (Lipinski definition) is 1. The van der Waals surface area contributed by atoms with Gasteiger partial charge in [-0.3, -0.25) is 0 Å². The molecule has 0 bridgehead atoms. The van der Waals surface area contributed by atoms with E-state index in [1.165, 1.54) is 83.1 Å². The Hall–Kier alpha value is -8.98. The van der Waals surface area contributed by atoms with Gasteiger partial charge in [0.25, 0.3) is 0 Å². The van der Waals surface area contributed by atoms with Crippen LogP contribution in [0.5, 0.6) is 0 Å². The molecule has 2 aliphatic rings. The third kappa shape index (κ3) is 5.68. The molecule has 11 aromatic carbocycles.